The van der Waals surface area contributed by atoms with E-state index in [2.05, 4.69) is 98.8 Å². The summed E-state index contributed by atoms with van der Waals surface area (Å²) in [5.74, 6) is 0. The molecule has 0 fully saturated rings. The van der Waals surface area contributed by atoms with Crippen LogP contribution in [0.2, 0.25) is 0 Å². The molecule has 0 saturated carbocycles. The fourth-order valence-corrected chi connectivity index (χ4v) is 5.17. The van der Waals surface area contributed by atoms with Crippen molar-refractivity contribution in [1.29, 1.82) is 10.5 Å². The second-order valence-corrected chi connectivity index (χ2v) is 10.3. The lowest BCUT2D eigenvalue weighted by atomic mass is 9.95. The minimum Gasteiger partial charge on any atom is -0.452 e. The number of hydrogen-bond acceptors (Lipinski definition) is 4. The smallest absolute Gasteiger partial charge is 0.171 e. The first-order chi connectivity index (χ1) is 19.3. The van der Waals surface area contributed by atoms with Crippen LogP contribution in [-0.4, -0.2) is 0 Å². The van der Waals surface area contributed by atoms with Crippen LogP contribution in [0.3, 0.4) is 0 Å². The van der Waals surface area contributed by atoms with Crippen molar-refractivity contribution in [2.45, 2.75) is 27.7 Å². The zero-order valence-corrected chi connectivity index (χ0v) is 22.8. The normalized spacial score (nSPS) is 10.9. The summed E-state index contributed by atoms with van der Waals surface area (Å²) in [5, 5.41) is 21.1. The molecule has 0 N–H and O–H groups in total. The van der Waals surface area contributed by atoms with E-state index >= 15 is 0 Å². The van der Waals surface area contributed by atoms with Gasteiger partial charge in [-0.15, -0.1) is 0 Å². The molecule has 0 aliphatic heterocycles. The molecular weight excluding hydrogens is 492 g/mol. The number of rotatable bonds is 2. The van der Waals surface area contributed by atoms with Gasteiger partial charge in [0.2, 0.25) is 0 Å². The Morgan fingerprint density at radius 3 is 1.20 bits per heavy atom. The quantitative estimate of drug-likeness (QED) is 0.229. The second kappa shape index (κ2) is 9.77. The van der Waals surface area contributed by atoms with Crippen LogP contribution < -0.4 is 0 Å². The van der Waals surface area contributed by atoms with Gasteiger partial charge >= 0.3 is 0 Å². The third kappa shape index (κ3) is 4.37. The fourth-order valence-electron chi connectivity index (χ4n) is 5.17. The Balaban J connectivity index is 1.81. The molecule has 0 aliphatic carbocycles. The van der Waals surface area contributed by atoms with E-state index in [1.54, 1.807) is 12.1 Å². The Morgan fingerprint density at radius 2 is 0.850 bits per heavy atom. The summed E-state index contributed by atoms with van der Waals surface area (Å²) >= 11 is 0. The summed E-state index contributed by atoms with van der Waals surface area (Å²) in [4.78, 5) is 0. The monoisotopic (exact) mass is 518 g/mol. The van der Waals surface area contributed by atoms with Crippen molar-refractivity contribution in [3.63, 3.8) is 0 Å². The summed E-state index contributed by atoms with van der Waals surface area (Å²) in [6, 6.07) is 32.9. The maximum Gasteiger partial charge on any atom is 0.171 e. The molecule has 0 amide bonds. The molecule has 0 aliphatic rings. The van der Waals surface area contributed by atoms with Crippen LogP contribution in [0.1, 0.15) is 33.4 Å². The van der Waals surface area contributed by atoms with Crippen molar-refractivity contribution >= 4 is 33.1 Å². The van der Waals surface area contributed by atoms with Gasteiger partial charge in [-0.25, -0.2) is 0 Å². The van der Waals surface area contributed by atoms with Crippen LogP contribution in [0, 0.1) is 50.4 Å². The minimum absolute atomic E-state index is 0.243. The van der Waals surface area contributed by atoms with E-state index < -0.39 is 0 Å². The molecule has 4 heteroatoms. The molecule has 0 bridgehead atoms. The van der Waals surface area contributed by atoms with Crippen molar-refractivity contribution in [1.82, 2.24) is 0 Å². The lowest BCUT2D eigenvalue weighted by molar-refractivity contribution is 0.615. The van der Waals surface area contributed by atoms with Gasteiger partial charge in [0, 0.05) is 22.9 Å². The van der Waals surface area contributed by atoms with Crippen LogP contribution in [0.4, 0.5) is 0 Å². The SMILES string of the molecule is Cc1ccc(-c2cc(C)c3oc4cc(C#N)c(C#N)cc4oc4c(C)cc(-c5ccc(C)cc5)cc4c3c2)cc1. The molecule has 0 saturated heterocycles. The van der Waals surface area contributed by atoms with Crippen LogP contribution in [0.25, 0.3) is 55.4 Å². The molecule has 4 nitrogen and oxygen atoms in total. The molecular formula is C36H26N2O2. The maximum absolute atomic E-state index is 9.67. The van der Waals surface area contributed by atoms with Crippen molar-refractivity contribution in [3.05, 3.63) is 118 Å². The summed E-state index contributed by atoms with van der Waals surface area (Å²) < 4.78 is 13.1. The van der Waals surface area contributed by atoms with E-state index in [9.17, 15) is 10.5 Å². The molecule has 5 aromatic carbocycles. The minimum atomic E-state index is 0.243. The Hall–Kier alpha value is -5.32. The van der Waals surface area contributed by atoms with Gasteiger partial charge in [-0.2, -0.15) is 10.5 Å². The van der Waals surface area contributed by atoms with Gasteiger partial charge in [-0.3, -0.25) is 0 Å². The Bertz CT molecular complexity index is 1940. The predicted molar refractivity (Wildman–Crippen MR) is 160 cm³/mol. The first kappa shape index (κ1) is 25.0. The fraction of sp³-hybridized carbons (Fsp3) is 0.111. The number of hydrogen-bond donors (Lipinski definition) is 0. The van der Waals surface area contributed by atoms with Gasteiger partial charge in [-0.1, -0.05) is 59.7 Å². The van der Waals surface area contributed by atoms with E-state index in [1.165, 1.54) is 11.1 Å². The van der Waals surface area contributed by atoms with E-state index in [0.29, 0.717) is 22.3 Å². The van der Waals surface area contributed by atoms with E-state index in [0.717, 1.165) is 44.2 Å². The van der Waals surface area contributed by atoms with E-state index in [-0.39, 0.29) is 11.1 Å². The molecule has 0 unspecified atom stereocenters. The summed E-state index contributed by atoms with van der Waals surface area (Å²) in [6.07, 6.45) is 0. The molecule has 40 heavy (non-hydrogen) atoms. The van der Waals surface area contributed by atoms with Crippen molar-refractivity contribution in [2.24, 2.45) is 0 Å². The largest absolute Gasteiger partial charge is 0.452 e. The lowest BCUT2D eigenvalue weighted by Gasteiger charge is -2.12. The van der Waals surface area contributed by atoms with Gasteiger partial charge in [0.15, 0.2) is 11.2 Å². The molecule has 6 rings (SSSR count). The second-order valence-electron chi connectivity index (χ2n) is 10.3. The number of fused-ring (bicyclic) bond motifs is 4. The first-order valence-corrected chi connectivity index (χ1v) is 13.1. The average Bonchev–Trinajstić information content (AvgIpc) is 2.95. The Kier molecular flexibility index (Phi) is 6.10. The van der Waals surface area contributed by atoms with Crippen molar-refractivity contribution < 1.29 is 8.83 Å². The van der Waals surface area contributed by atoms with Crippen LogP contribution in [0.15, 0.2) is 93.8 Å². The van der Waals surface area contributed by atoms with Crippen molar-refractivity contribution in [3.8, 4) is 34.4 Å². The van der Waals surface area contributed by atoms with Gasteiger partial charge in [0.05, 0.1) is 11.1 Å². The van der Waals surface area contributed by atoms with Crippen LogP contribution >= 0.6 is 0 Å². The highest BCUT2D eigenvalue weighted by molar-refractivity contribution is 6.07. The van der Waals surface area contributed by atoms with Crippen molar-refractivity contribution in [2.75, 3.05) is 0 Å². The highest BCUT2D eigenvalue weighted by Gasteiger charge is 2.15. The molecule has 192 valence electrons. The van der Waals surface area contributed by atoms with Gasteiger partial charge in [-0.05, 0) is 85.3 Å². The predicted octanol–water partition coefficient (Wildman–Crippen LogP) is 9.77. The van der Waals surface area contributed by atoms with Gasteiger partial charge < -0.3 is 8.83 Å². The Morgan fingerprint density at radius 1 is 0.475 bits per heavy atom. The van der Waals surface area contributed by atoms with Crippen LogP contribution in [-0.2, 0) is 0 Å². The highest BCUT2D eigenvalue weighted by atomic mass is 16.4. The molecule has 0 radical (unpaired) electrons. The van der Waals surface area contributed by atoms with E-state index in [1.807, 2.05) is 13.8 Å². The summed E-state index contributed by atoms with van der Waals surface area (Å²) in [5.41, 5.74) is 11.3. The Labute approximate surface area is 232 Å². The van der Waals surface area contributed by atoms with Gasteiger partial charge in [0.1, 0.15) is 23.3 Å². The zero-order valence-electron chi connectivity index (χ0n) is 22.8. The molecule has 0 atom stereocenters. The van der Waals surface area contributed by atoms with Gasteiger partial charge in [0.25, 0.3) is 0 Å². The van der Waals surface area contributed by atoms with E-state index in [4.69, 9.17) is 8.83 Å². The molecule has 6 aromatic rings. The lowest BCUT2D eigenvalue weighted by Crippen LogP contribution is -1.90. The molecule has 1 aromatic heterocycles. The number of nitrogens with zero attached hydrogens (tertiary/aromatic N) is 2. The molecule has 0 spiro atoms. The summed E-state index contributed by atoms with van der Waals surface area (Å²) in [7, 11) is 0. The average molecular weight is 519 g/mol. The zero-order chi connectivity index (χ0) is 28.0. The third-order valence-electron chi connectivity index (χ3n) is 7.36. The first-order valence-electron chi connectivity index (χ1n) is 13.1. The summed E-state index contributed by atoms with van der Waals surface area (Å²) in [6.45, 7) is 8.22. The number of benzene rings is 5. The number of nitriles is 2. The maximum atomic E-state index is 9.67. The standard InChI is InChI=1S/C36H26N2O2/c1-21-5-9-25(10-6-21)27-13-23(3)35-31(15-27)32-16-28(26-11-7-22(2)8-12-26)14-24(4)36(32)40-34-18-30(20-38)29(19-37)17-33(34)39-35/h5-18H,1-4H3. The third-order valence-corrected chi connectivity index (χ3v) is 7.36. The topological polar surface area (TPSA) is 73.9 Å². The highest BCUT2D eigenvalue weighted by Crippen LogP contribution is 2.37. The molecule has 1 heterocycles. The van der Waals surface area contributed by atoms with Crippen LogP contribution in [0.5, 0.6) is 0 Å². The number of aryl methyl sites for hydroxylation is 4.